The predicted octanol–water partition coefficient (Wildman–Crippen LogP) is 1.23. The molecular weight excluding hydrogens is 244 g/mol. The van der Waals surface area contributed by atoms with E-state index in [4.69, 9.17) is 0 Å². The smallest absolute Gasteiger partial charge is 0.309 e. The van der Waals surface area contributed by atoms with Gasteiger partial charge in [-0.15, -0.1) is 0 Å². The summed E-state index contributed by atoms with van der Waals surface area (Å²) >= 11 is 0. The van der Waals surface area contributed by atoms with E-state index in [0.29, 0.717) is 12.6 Å². The first-order valence-corrected chi connectivity index (χ1v) is 7.36. The van der Waals surface area contributed by atoms with Gasteiger partial charge in [0.2, 0.25) is 5.91 Å². The van der Waals surface area contributed by atoms with E-state index in [1.807, 2.05) is 6.92 Å². The zero-order valence-electron chi connectivity index (χ0n) is 11.6. The predicted molar refractivity (Wildman–Crippen MR) is 71.8 cm³/mol. The molecule has 2 aliphatic rings. The summed E-state index contributed by atoms with van der Waals surface area (Å²) < 4.78 is 0. The molecule has 0 radical (unpaired) electrons. The fraction of sp³-hybridized carbons (Fsp3) is 0.857. The molecular formula is C14H24N2O3. The molecule has 19 heavy (non-hydrogen) atoms. The number of hydrogen-bond acceptors (Lipinski definition) is 3. The topological polar surface area (TPSA) is 69.6 Å². The molecule has 0 bridgehead atoms. The van der Waals surface area contributed by atoms with Gasteiger partial charge in [0.25, 0.3) is 0 Å². The zero-order chi connectivity index (χ0) is 13.8. The Bertz CT molecular complexity index is 338. The van der Waals surface area contributed by atoms with E-state index in [9.17, 15) is 14.7 Å². The number of amides is 1. The number of carbonyl (C=O) groups is 2. The highest BCUT2D eigenvalue weighted by Crippen LogP contribution is 2.25. The monoisotopic (exact) mass is 268 g/mol. The number of nitrogens with zero attached hydrogens (tertiary/aromatic N) is 1. The molecule has 2 fully saturated rings. The minimum Gasteiger partial charge on any atom is -0.481 e. The summed E-state index contributed by atoms with van der Waals surface area (Å²) in [6.45, 7) is 2.63. The maximum Gasteiger partial charge on any atom is 0.309 e. The molecule has 2 N–H and O–H groups in total. The Morgan fingerprint density at radius 2 is 1.89 bits per heavy atom. The lowest BCUT2D eigenvalue weighted by atomic mass is 10.0. The van der Waals surface area contributed by atoms with Crippen molar-refractivity contribution in [3.63, 3.8) is 0 Å². The Labute approximate surface area is 114 Å². The quantitative estimate of drug-likeness (QED) is 0.739. The van der Waals surface area contributed by atoms with Crippen LogP contribution >= 0.6 is 0 Å². The van der Waals surface area contributed by atoms with Crippen molar-refractivity contribution in [3.05, 3.63) is 0 Å². The minimum atomic E-state index is -0.812. The molecule has 1 aliphatic heterocycles. The van der Waals surface area contributed by atoms with Crippen LogP contribution in [0, 0.1) is 5.92 Å². The summed E-state index contributed by atoms with van der Waals surface area (Å²) in [5, 5.41) is 12.0. The van der Waals surface area contributed by atoms with Crippen molar-refractivity contribution in [1.29, 1.82) is 0 Å². The van der Waals surface area contributed by atoms with E-state index in [-0.39, 0.29) is 18.5 Å². The van der Waals surface area contributed by atoms with E-state index < -0.39 is 11.9 Å². The molecule has 5 nitrogen and oxygen atoms in total. The molecule has 1 amide bonds. The van der Waals surface area contributed by atoms with Gasteiger partial charge in [0.1, 0.15) is 0 Å². The van der Waals surface area contributed by atoms with E-state index >= 15 is 0 Å². The summed E-state index contributed by atoms with van der Waals surface area (Å²) in [6, 6.07) is 0.149. The van der Waals surface area contributed by atoms with Crippen LogP contribution in [0.5, 0.6) is 0 Å². The minimum absolute atomic E-state index is 0.0343. The van der Waals surface area contributed by atoms with E-state index in [0.717, 1.165) is 12.8 Å². The summed E-state index contributed by atoms with van der Waals surface area (Å²) in [7, 11) is 0. The van der Waals surface area contributed by atoms with Crippen molar-refractivity contribution in [3.8, 4) is 0 Å². The molecule has 108 valence electrons. The summed E-state index contributed by atoms with van der Waals surface area (Å²) in [5.41, 5.74) is 0. The SMILES string of the molecule is CC1C(=O)NCC(C(=O)O)CN1C1CCCCCC1. The molecule has 2 atom stereocenters. The highest BCUT2D eigenvalue weighted by atomic mass is 16.4. The second-order valence-corrected chi connectivity index (χ2v) is 5.80. The maximum atomic E-state index is 12.0. The summed E-state index contributed by atoms with van der Waals surface area (Å²) in [4.78, 5) is 25.3. The van der Waals surface area contributed by atoms with Crippen LogP contribution < -0.4 is 5.32 Å². The molecule has 0 spiro atoms. The fourth-order valence-electron chi connectivity index (χ4n) is 3.22. The van der Waals surface area contributed by atoms with Gasteiger partial charge in [-0.25, -0.2) is 0 Å². The Morgan fingerprint density at radius 1 is 1.26 bits per heavy atom. The first kappa shape index (κ1) is 14.3. The third-order valence-electron chi connectivity index (χ3n) is 4.47. The van der Waals surface area contributed by atoms with Crippen LogP contribution in [0.15, 0.2) is 0 Å². The van der Waals surface area contributed by atoms with E-state index in [1.165, 1.54) is 25.7 Å². The average molecular weight is 268 g/mol. The second kappa shape index (κ2) is 6.37. The van der Waals surface area contributed by atoms with E-state index in [1.54, 1.807) is 0 Å². The summed E-state index contributed by atoms with van der Waals surface area (Å²) in [6.07, 6.45) is 7.06. The van der Waals surface area contributed by atoms with Gasteiger partial charge in [-0.2, -0.15) is 0 Å². The van der Waals surface area contributed by atoms with Crippen LogP contribution in [0.4, 0.5) is 0 Å². The van der Waals surface area contributed by atoms with Crippen molar-refractivity contribution >= 4 is 11.9 Å². The Balaban J connectivity index is 2.12. The lowest BCUT2D eigenvalue weighted by molar-refractivity contribution is -0.142. The standard InChI is InChI=1S/C14H24N2O3/c1-10-13(17)15-8-11(14(18)19)9-16(10)12-6-4-2-3-5-7-12/h10-12H,2-9H2,1H3,(H,15,17)(H,18,19). The van der Waals surface area contributed by atoms with Gasteiger partial charge >= 0.3 is 5.97 Å². The Morgan fingerprint density at radius 3 is 2.47 bits per heavy atom. The van der Waals surface area contributed by atoms with Gasteiger partial charge < -0.3 is 10.4 Å². The molecule has 5 heteroatoms. The Kier molecular flexibility index (Phi) is 4.80. The molecule has 2 rings (SSSR count). The molecule has 1 saturated heterocycles. The molecule has 0 aromatic rings. The van der Waals surface area contributed by atoms with Gasteiger partial charge in [-0.1, -0.05) is 25.7 Å². The van der Waals surface area contributed by atoms with Gasteiger partial charge in [0.05, 0.1) is 12.0 Å². The van der Waals surface area contributed by atoms with E-state index in [2.05, 4.69) is 10.2 Å². The normalized spacial score (nSPS) is 31.3. The van der Waals surface area contributed by atoms with Crippen molar-refractivity contribution < 1.29 is 14.7 Å². The fourth-order valence-corrected chi connectivity index (χ4v) is 3.22. The number of aliphatic carboxylic acids is 1. The van der Waals surface area contributed by atoms with Crippen LogP contribution in [0.25, 0.3) is 0 Å². The van der Waals surface area contributed by atoms with Crippen LogP contribution in [-0.4, -0.2) is 47.1 Å². The van der Waals surface area contributed by atoms with Crippen molar-refractivity contribution in [2.45, 2.75) is 57.5 Å². The number of carbonyl (C=O) groups excluding carboxylic acids is 1. The highest BCUT2D eigenvalue weighted by Gasteiger charge is 2.35. The molecule has 0 aromatic heterocycles. The lowest BCUT2D eigenvalue weighted by Gasteiger charge is -2.34. The van der Waals surface area contributed by atoms with Crippen molar-refractivity contribution in [1.82, 2.24) is 10.2 Å². The number of carboxylic acid groups (broad SMARTS) is 1. The first-order valence-electron chi connectivity index (χ1n) is 7.36. The van der Waals surface area contributed by atoms with Gasteiger partial charge in [-0.05, 0) is 19.8 Å². The largest absolute Gasteiger partial charge is 0.481 e. The first-order chi connectivity index (χ1) is 9.09. The summed E-state index contributed by atoms with van der Waals surface area (Å²) in [5.74, 6) is -1.34. The third kappa shape index (κ3) is 3.47. The lowest BCUT2D eigenvalue weighted by Crippen LogP contribution is -2.48. The van der Waals surface area contributed by atoms with Crippen LogP contribution in [0.3, 0.4) is 0 Å². The average Bonchev–Trinajstić information content (AvgIpc) is 2.72. The van der Waals surface area contributed by atoms with Gasteiger partial charge in [0, 0.05) is 19.1 Å². The molecule has 1 saturated carbocycles. The second-order valence-electron chi connectivity index (χ2n) is 5.80. The number of nitrogens with one attached hydrogen (secondary N) is 1. The molecule has 1 aliphatic carbocycles. The van der Waals surface area contributed by atoms with Crippen LogP contribution in [-0.2, 0) is 9.59 Å². The number of hydrogen-bond donors (Lipinski definition) is 2. The van der Waals surface area contributed by atoms with Crippen molar-refractivity contribution in [2.24, 2.45) is 5.92 Å². The number of rotatable bonds is 2. The number of carboxylic acids is 1. The van der Waals surface area contributed by atoms with Crippen LogP contribution in [0.1, 0.15) is 45.4 Å². The molecule has 2 unspecified atom stereocenters. The molecule has 1 heterocycles. The van der Waals surface area contributed by atoms with Gasteiger partial charge in [0.15, 0.2) is 0 Å². The molecule has 0 aromatic carbocycles. The zero-order valence-corrected chi connectivity index (χ0v) is 11.6. The highest BCUT2D eigenvalue weighted by molar-refractivity contribution is 5.83. The van der Waals surface area contributed by atoms with Crippen molar-refractivity contribution in [2.75, 3.05) is 13.1 Å². The van der Waals surface area contributed by atoms with Crippen LogP contribution in [0.2, 0.25) is 0 Å². The Hall–Kier alpha value is -1.10. The van der Waals surface area contributed by atoms with Gasteiger partial charge in [-0.3, -0.25) is 14.5 Å². The third-order valence-corrected chi connectivity index (χ3v) is 4.47. The maximum absolute atomic E-state index is 12.0.